The van der Waals surface area contributed by atoms with Gasteiger partial charge in [-0.2, -0.15) is 0 Å². The van der Waals surface area contributed by atoms with Gasteiger partial charge in [-0.05, 0) is 38.6 Å². The molecule has 0 unspecified atom stereocenters. The molecule has 4 heteroatoms. The van der Waals surface area contributed by atoms with Crippen LogP contribution in [0.15, 0.2) is 30.5 Å². The summed E-state index contributed by atoms with van der Waals surface area (Å²) in [5.74, 6) is 0. The molecular weight excluding hydrogens is 252 g/mol. The molecule has 90 valence electrons. The summed E-state index contributed by atoms with van der Waals surface area (Å²) in [5.41, 5.74) is 1.10. The van der Waals surface area contributed by atoms with Gasteiger partial charge >= 0.3 is 0 Å². The van der Waals surface area contributed by atoms with Gasteiger partial charge in [-0.15, -0.1) is 11.3 Å². The molecule has 0 spiro atoms. The summed E-state index contributed by atoms with van der Waals surface area (Å²) in [4.78, 5) is 5.77. The van der Waals surface area contributed by atoms with Gasteiger partial charge in [0.15, 0.2) is 0 Å². The summed E-state index contributed by atoms with van der Waals surface area (Å²) in [6.45, 7) is 1.05. The SMILES string of the molecule is CNCCCc1cnc(-c2cccc(Cl)c2)s1. The highest BCUT2D eigenvalue weighted by atomic mass is 35.5. The van der Waals surface area contributed by atoms with Gasteiger partial charge in [0.05, 0.1) is 0 Å². The molecular formula is C13H15ClN2S. The maximum Gasteiger partial charge on any atom is 0.123 e. The minimum Gasteiger partial charge on any atom is -0.320 e. The largest absolute Gasteiger partial charge is 0.320 e. The Balaban J connectivity index is 2.07. The second-order valence-corrected chi connectivity index (χ2v) is 5.40. The van der Waals surface area contributed by atoms with Crippen molar-refractivity contribution in [1.29, 1.82) is 0 Å². The minimum atomic E-state index is 0.759. The zero-order valence-corrected chi connectivity index (χ0v) is 11.3. The van der Waals surface area contributed by atoms with Gasteiger partial charge in [0.2, 0.25) is 0 Å². The monoisotopic (exact) mass is 266 g/mol. The topological polar surface area (TPSA) is 24.9 Å². The summed E-state index contributed by atoms with van der Waals surface area (Å²) in [7, 11) is 1.98. The van der Waals surface area contributed by atoms with Gasteiger partial charge in [-0.1, -0.05) is 23.7 Å². The number of thiazole rings is 1. The average molecular weight is 267 g/mol. The van der Waals surface area contributed by atoms with E-state index in [0.29, 0.717) is 0 Å². The molecule has 0 aliphatic heterocycles. The third-order valence-electron chi connectivity index (χ3n) is 2.48. The highest BCUT2D eigenvalue weighted by Gasteiger charge is 2.04. The lowest BCUT2D eigenvalue weighted by Crippen LogP contribution is -2.07. The summed E-state index contributed by atoms with van der Waals surface area (Å²) < 4.78 is 0. The lowest BCUT2D eigenvalue weighted by Gasteiger charge is -1.97. The summed E-state index contributed by atoms with van der Waals surface area (Å²) in [6, 6.07) is 7.84. The molecule has 1 aromatic heterocycles. The highest BCUT2D eigenvalue weighted by Crippen LogP contribution is 2.27. The van der Waals surface area contributed by atoms with Crippen molar-refractivity contribution in [3.63, 3.8) is 0 Å². The number of rotatable bonds is 5. The van der Waals surface area contributed by atoms with E-state index >= 15 is 0 Å². The molecule has 2 nitrogen and oxygen atoms in total. The van der Waals surface area contributed by atoms with Crippen molar-refractivity contribution in [2.24, 2.45) is 0 Å². The normalized spacial score (nSPS) is 10.7. The van der Waals surface area contributed by atoms with E-state index in [4.69, 9.17) is 11.6 Å². The molecule has 0 saturated heterocycles. The van der Waals surface area contributed by atoms with Crippen molar-refractivity contribution < 1.29 is 0 Å². The second kappa shape index (κ2) is 6.15. The quantitative estimate of drug-likeness (QED) is 0.837. The fraction of sp³-hybridized carbons (Fsp3) is 0.308. The summed E-state index contributed by atoms with van der Waals surface area (Å²) >= 11 is 7.72. The zero-order valence-electron chi connectivity index (χ0n) is 9.74. The van der Waals surface area contributed by atoms with E-state index < -0.39 is 0 Å². The molecule has 0 amide bonds. The lowest BCUT2D eigenvalue weighted by atomic mass is 10.2. The molecule has 1 aromatic carbocycles. The maximum atomic E-state index is 5.97. The van der Waals surface area contributed by atoms with Crippen LogP contribution in [-0.4, -0.2) is 18.6 Å². The van der Waals surface area contributed by atoms with Crippen LogP contribution >= 0.6 is 22.9 Å². The Morgan fingerprint density at radius 2 is 2.29 bits per heavy atom. The third-order valence-corrected chi connectivity index (χ3v) is 3.82. The van der Waals surface area contributed by atoms with Crippen LogP contribution in [0.1, 0.15) is 11.3 Å². The Bertz CT molecular complexity index is 482. The second-order valence-electron chi connectivity index (χ2n) is 3.85. The lowest BCUT2D eigenvalue weighted by molar-refractivity contribution is 0.729. The number of nitrogens with zero attached hydrogens (tertiary/aromatic N) is 1. The molecule has 0 aliphatic rings. The van der Waals surface area contributed by atoms with Crippen LogP contribution < -0.4 is 5.32 Å². The van der Waals surface area contributed by atoms with E-state index in [2.05, 4.69) is 10.3 Å². The smallest absolute Gasteiger partial charge is 0.123 e. The van der Waals surface area contributed by atoms with Gasteiger partial charge in [0, 0.05) is 21.7 Å². The number of hydrogen-bond acceptors (Lipinski definition) is 3. The summed E-state index contributed by atoms with van der Waals surface area (Å²) in [6.07, 6.45) is 4.20. The van der Waals surface area contributed by atoms with Crippen LogP contribution in [0.2, 0.25) is 5.02 Å². The highest BCUT2D eigenvalue weighted by molar-refractivity contribution is 7.15. The summed E-state index contributed by atoms with van der Waals surface area (Å²) in [5, 5.41) is 4.96. The first-order chi connectivity index (χ1) is 8.29. The van der Waals surface area contributed by atoms with Crippen LogP contribution in [0.4, 0.5) is 0 Å². The molecule has 0 radical (unpaired) electrons. The molecule has 17 heavy (non-hydrogen) atoms. The van der Waals surface area contributed by atoms with Crippen LogP contribution in [0.5, 0.6) is 0 Å². The molecule has 0 fully saturated rings. The van der Waals surface area contributed by atoms with E-state index in [-0.39, 0.29) is 0 Å². The van der Waals surface area contributed by atoms with E-state index in [9.17, 15) is 0 Å². The number of aryl methyl sites for hydroxylation is 1. The molecule has 0 atom stereocenters. The van der Waals surface area contributed by atoms with E-state index in [1.807, 2.05) is 37.5 Å². The molecule has 2 rings (SSSR count). The van der Waals surface area contributed by atoms with Crippen molar-refractivity contribution in [2.45, 2.75) is 12.8 Å². The van der Waals surface area contributed by atoms with Crippen LogP contribution in [0, 0.1) is 0 Å². The van der Waals surface area contributed by atoms with Crippen LogP contribution in [-0.2, 0) is 6.42 Å². The van der Waals surface area contributed by atoms with Crippen LogP contribution in [0.3, 0.4) is 0 Å². The molecule has 1 N–H and O–H groups in total. The van der Waals surface area contributed by atoms with Crippen molar-refractivity contribution in [3.05, 3.63) is 40.4 Å². The number of nitrogens with one attached hydrogen (secondary N) is 1. The van der Waals surface area contributed by atoms with Gasteiger partial charge < -0.3 is 5.32 Å². The Morgan fingerprint density at radius 1 is 1.41 bits per heavy atom. The fourth-order valence-corrected chi connectivity index (χ4v) is 2.76. The van der Waals surface area contributed by atoms with E-state index in [0.717, 1.165) is 35.0 Å². The van der Waals surface area contributed by atoms with Crippen molar-refractivity contribution >= 4 is 22.9 Å². The Hall–Kier alpha value is -0.900. The van der Waals surface area contributed by atoms with Gasteiger partial charge in [-0.3, -0.25) is 0 Å². The predicted octanol–water partition coefficient (Wildman–Crippen LogP) is 3.62. The fourth-order valence-electron chi connectivity index (χ4n) is 1.62. The minimum absolute atomic E-state index is 0.759. The van der Waals surface area contributed by atoms with Crippen molar-refractivity contribution in [3.8, 4) is 10.6 Å². The molecule has 2 aromatic rings. The zero-order chi connectivity index (χ0) is 12.1. The predicted molar refractivity (Wildman–Crippen MR) is 74.8 cm³/mol. The Kier molecular flexibility index (Phi) is 4.54. The Labute approximate surface area is 111 Å². The van der Waals surface area contributed by atoms with Gasteiger partial charge in [0.25, 0.3) is 0 Å². The standard InChI is InChI=1S/C13H15ClN2S/c1-15-7-3-6-12-9-16-13(17-12)10-4-2-5-11(14)8-10/h2,4-5,8-9,15H,3,6-7H2,1H3. The van der Waals surface area contributed by atoms with Gasteiger partial charge in [-0.25, -0.2) is 4.98 Å². The average Bonchev–Trinajstić information content (AvgIpc) is 2.78. The number of halogens is 1. The number of benzene rings is 1. The van der Waals surface area contributed by atoms with Crippen LogP contribution in [0.25, 0.3) is 10.6 Å². The maximum absolute atomic E-state index is 5.97. The first kappa shape index (κ1) is 12.6. The van der Waals surface area contributed by atoms with E-state index in [1.165, 1.54) is 4.88 Å². The van der Waals surface area contributed by atoms with E-state index in [1.54, 1.807) is 11.3 Å². The molecule has 0 aliphatic carbocycles. The Morgan fingerprint density at radius 3 is 3.06 bits per heavy atom. The molecule has 0 saturated carbocycles. The van der Waals surface area contributed by atoms with Crippen molar-refractivity contribution in [1.82, 2.24) is 10.3 Å². The van der Waals surface area contributed by atoms with Gasteiger partial charge in [0.1, 0.15) is 5.01 Å². The third kappa shape index (κ3) is 3.53. The van der Waals surface area contributed by atoms with Crippen molar-refractivity contribution in [2.75, 3.05) is 13.6 Å². The molecule has 1 heterocycles. The first-order valence-electron chi connectivity index (χ1n) is 5.65. The number of aromatic nitrogens is 1. The first-order valence-corrected chi connectivity index (χ1v) is 6.84. The molecule has 0 bridgehead atoms. The number of hydrogen-bond donors (Lipinski definition) is 1.